The van der Waals surface area contributed by atoms with E-state index < -0.39 is 0 Å². The minimum atomic E-state index is 0.726. The molecule has 2 aromatic carbocycles. The molecule has 0 unspecified atom stereocenters. The summed E-state index contributed by atoms with van der Waals surface area (Å²) in [6, 6.07) is 9.15. The third-order valence-corrected chi connectivity index (χ3v) is 11.4. The summed E-state index contributed by atoms with van der Waals surface area (Å²) in [6.07, 6.45) is 17.2. The molecular weight excluding hydrogens is 665 g/mol. The van der Waals surface area contributed by atoms with Crippen LogP contribution in [0.2, 0.25) is 0 Å². The van der Waals surface area contributed by atoms with Gasteiger partial charge >= 0.3 is 0 Å². The summed E-state index contributed by atoms with van der Waals surface area (Å²) in [4.78, 5) is 27.5. The predicted molar refractivity (Wildman–Crippen MR) is 217 cm³/mol. The van der Waals surface area contributed by atoms with Crippen LogP contribution in [0.4, 0.5) is 34.1 Å². The monoisotopic (exact) mass is 718 g/mol. The molecule has 6 aliphatic rings. The lowest BCUT2D eigenvalue weighted by Gasteiger charge is -2.33. The van der Waals surface area contributed by atoms with E-state index in [9.17, 15) is 0 Å². The van der Waals surface area contributed by atoms with Crippen molar-refractivity contribution in [3.05, 3.63) is 96.7 Å². The van der Waals surface area contributed by atoms with Crippen LogP contribution in [-0.2, 0) is 0 Å². The van der Waals surface area contributed by atoms with E-state index in [2.05, 4.69) is 203 Å². The smallest absolute Gasteiger partial charge is 0.153 e. The highest BCUT2D eigenvalue weighted by molar-refractivity contribution is 5.86. The molecule has 0 amide bonds. The van der Waals surface area contributed by atoms with Crippen LogP contribution in [0, 0.1) is 0 Å². The maximum absolute atomic E-state index is 7.36. The van der Waals surface area contributed by atoms with Crippen LogP contribution in [0.15, 0.2) is 96.7 Å². The number of allylic oxidation sites excluding steroid dienone is 4. The van der Waals surface area contributed by atoms with Gasteiger partial charge in [0.05, 0.1) is 74.1 Å². The highest BCUT2D eigenvalue weighted by Crippen LogP contribution is 2.50. The Morgan fingerprint density at radius 3 is 0.943 bits per heavy atom. The maximum Gasteiger partial charge on any atom is 0.153 e. The Hall–Kier alpha value is -5.72. The Labute approximate surface area is 315 Å². The second-order valence-corrected chi connectivity index (χ2v) is 15.3. The van der Waals surface area contributed by atoms with Gasteiger partial charge in [-0.25, -0.2) is 0 Å². The van der Waals surface area contributed by atoms with Crippen LogP contribution < -0.4 is 34.1 Å². The van der Waals surface area contributed by atoms with Crippen molar-refractivity contribution >= 4 is 34.1 Å². The van der Waals surface area contributed by atoms with Crippen molar-refractivity contribution in [1.82, 2.24) is 29.4 Å². The first kappa shape index (κ1) is 34.4. The van der Waals surface area contributed by atoms with Crippen LogP contribution >= 0.6 is 0 Å². The fourth-order valence-electron chi connectivity index (χ4n) is 7.76. The number of anilines is 6. The molecule has 0 saturated heterocycles. The first-order valence-corrected chi connectivity index (χ1v) is 18.3. The largest absolute Gasteiger partial charge is 0.453 e. The number of nitrogens with zero attached hydrogens (tertiary/aromatic N) is 12. The quantitative estimate of drug-likeness (QED) is 0.316. The zero-order valence-corrected chi connectivity index (χ0v) is 32.9. The molecule has 6 heterocycles. The van der Waals surface area contributed by atoms with Crippen LogP contribution in [0.25, 0.3) is 0 Å². The van der Waals surface area contributed by atoms with E-state index in [4.69, 9.17) is 4.74 Å². The van der Waals surface area contributed by atoms with Gasteiger partial charge in [0.15, 0.2) is 11.5 Å². The summed E-state index contributed by atoms with van der Waals surface area (Å²) >= 11 is 0. The molecule has 0 saturated carbocycles. The zero-order chi connectivity index (χ0) is 37.3. The Morgan fingerprint density at radius 2 is 0.679 bits per heavy atom. The average Bonchev–Trinajstić information content (AvgIpc) is 4.00. The minimum Gasteiger partial charge on any atom is -0.453 e. The summed E-state index contributed by atoms with van der Waals surface area (Å²) in [7, 11) is 12.8. The third kappa shape index (κ3) is 6.07. The molecule has 0 bridgehead atoms. The zero-order valence-electron chi connectivity index (χ0n) is 32.9. The Bertz CT molecular complexity index is 1840. The Kier molecular flexibility index (Phi) is 8.46. The predicted octanol–water partition coefficient (Wildman–Crippen LogP) is 6.12. The number of hydrogen-bond acceptors (Lipinski definition) is 13. The van der Waals surface area contributed by atoms with E-state index in [1.807, 2.05) is 0 Å². The first-order valence-electron chi connectivity index (χ1n) is 18.3. The Morgan fingerprint density at radius 1 is 0.358 bits per heavy atom. The van der Waals surface area contributed by atoms with Gasteiger partial charge in [0.2, 0.25) is 0 Å². The standard InChI is InChI=1S/C40H54N12O/c1-29-31(3)51(27-45(29)9)35-19-37(49-17-13-43(7)25-49)39(21-33(35)47-15-11-41(5)23-47)53-40-22-34(48-16-12-42(6)24-48)36(52-28-46(10)30(2)32(52)4)20-38(40)50-18-14-44(8)26-50/h11-22H,23-28H2,1-10H3. The summed E-state index contributed by atoms with van der Waals surface area (Å²) in [5.74, 6) is 1.60. The molecule has 0 aliphatic carbocycles. The van der Waals surface area contributed by atoms with Gasteiger partial charge in [-0.2, -0.15) is 0 Å². The molecule has 6 aliphatic heterocycles. The molecule has 0 N–H and O–H groups in total. The number of benzene rings is 2. The molecule has 53 heavy (non-hydrogen) atoms. The van der Waals surface area contributed by atoms with Gasteiger partial charge in [-0.3, -0.25) is 0 Å². The molecule has 0 spiro atoms. The van der Waals surface area contributed by atoms with Crippen molar-refractivity contribution < 1.29 is 4.74 Å². The van der Waals surface area contributed by atoms with E-state index >= 15 is 0 Å². The molecule has 0 atom stereocenters. The summed E-state index contributed by atoms with van der Waals surface area (Å²) in [5, 5.41) is 0. The Balaban J connectivity index is 1.32. The lowest BCUT2D eigenvalue weighted by Crippen LogP contribution is -2.29. The normalized spacial score (nSPS) is 20.0. The van der Waals surface area contributed by atoms with Gasteiger partial charge in [-0.15, -0.1) is 0 Å². The van der Waals surface area contributed by atoms with Crippen molar-refractivity contribution in [2.24, 2.45) is 0 Å². The van der Waals surface area contributed by atoms with Crippen LogP contribution in [0.1, 0.15) is 27.7 Å². The van der Waals surface area contributed by atoms with Crippen molar-refractivity contribution in [1.29, 1.82) is 0 Å². The van der Waals surface area contributed by atoms with Gasteiger partial charge in [0.1, 0.15) is 0 Å². The molecule has 13 heteroatoms. The number of rotatable bonds is 8. The molecule has 0 aromatic heterocycles. The molecule has 0 radical (unpaired) electrons. The molecule has 8 rings (SSSR count). The minimum absolute atomic E-state index is 0.726. The van der Waals surface area contributed by atoms with Crippen molar-refractivity contribution in [2.75, 3.05) is 112 Å². The molecule has 13 nitrogen and oxygen atoms in total. The van der Waals surface area contributed by atoms with Crippen molar-refractivity contribution in [2.45, 2.75) is 27.7 Å². The highest BCUT2D eigenvalue weighted by atomic mass is 16.5. The third-order valence-electron chi connectivity index (χ3n) is 11.4. The molecule has 2 aromatic rings. The summed E-state index contributed by atoms with van der Waals surface area (Å²) in [6.45, 7) is 13.4. The van der Waals surface area contributed by atoms with E-state index in [1.54, 1.807) is 0 Å². The van der Waals surface area contributed by atoms with E-state index in [0.717, 1.165) is 85.6 Å². The van der Waals surface area contributed by atoms with Crippen LogP contribution in [0.5, 0.6) is 11.5 Å². The second kappa shape index (κ2) is 13.0. The number of hydrogen-bond donors (Lipinski definition) is 0. The van der Waals surface area contributed by atoms with Gasteiger partial charge in [-0.1, -0.05) is 0 Å². The van der Waals surface area contributed by atoms with E-state index in [-0.39, 0.29) is 0 Å². The number of ether oxygens (including phenoxy) is 1. The van der Waals surface area contributed by atoms with E-state index in [0.29, 0.717) is 0 Å². The van der Waals surface area contributed by atoms with Crippen LogP contribution in [-0.4, -0.2) is 112 Å². The fourth-order valence-corrected chi connectivity index (χ4v) is 7.76. The van der Waals surface area contributed by atoms with Gasteiger partial charge in [0.25, 0.3) is 0 Å². The summed E-state index contributed by atoms with van der Waals surface area (Å²) < 4.78 is 7.36. The van der Waals surface area contributed by atoms with Gasteiger partial charge < -0.3 is 63.5 Å². The highest BCUT2D eigenvalue weighted by Gasteiger charge is 2.33. The van der Waals surface area contributed by atoms with E-state index in [1.165, 1.54) is 22.8 Å². The van der Waals surface area contributed by atoms with Gasteiger partial charge in [-0.05, 0) is 39.8 Å². The molecular formula is C40H54N12O. The van der Waals surface area contributed by atoms with Crippen LogP contribution in [0.3, 0.4) is 0 Å². The van der Waals surface area contributed by atoms with Gasteiger partial charge in [0, 0.05) is 127 Å². The van der Waals surface area contributed by atoms with Crippen molar-refractivity contribution in [3.63, 3.8) is 0 Å². The fraction of sp³-hybridized carbons (Fsp3) is 0.400. The first-order chi connectivity index (χ1) is 25.4. The topological polar surface area (TPSA) is 48.1 Å². The average molecular weight is 719 g/mol. The second-order valence-electron chi connectivity index (χ2n) is 15.3. The SMILES string of the molecule is CC1=C(C)N(c2cc(N3C=CN(C)C3)c(Oc3cc(N4C=CN(C)C4)c(N4CN(C)C(C)=C4C)cc3N3C=CN(C)C3)cc2N2C=CN(C)C2)CN1C. The molecule has 0 fully saturated rings. The molecule has 280 valence electrons. The lowest BCUT2D eigenvalue weighted by atomic mass is 10.1. The van der Waals surface area contributed by atoms with Crippen molar-refractivity contribution in [3.8, 4) is 11.5 Å². The summed E-state index contributed by atoms with van der Waals surface area (Å²) in [5.41, 5.74) is 11.6. The maximum atomic E-state index is 7.36. The lowest BCUT2D eigenvalue weighted by molar-refractivity contribution is 0.457.